The zero-order valence-electron chi connectivity index (χ0n) is 12.3. The van der Waals surface area contributed by atoms with Gasteiger partial charge in [0.2, 0.25) is 0 Å². The van der Waals surface area contributed by atoms with Crippen LogP contribution < -0.4 is 5.73 Å². The van der Waals surface area contributed by atoms with Gasteiger partial charge in [-0.05, 0) is 38.5 Å². The number of hydrogen-bond acceptors (Lipinski definition) is 3. The third-order valence-electron chi connectivity index (χ3n) is 3.73. The Kier molecular flexibility index (Phi) is 4.20. The van der Waals surface area contributed by atoms with Gasteiger partial charge in [0.15, 0.2) is 9.84 Å². The zero-order valence-corrected chi connectivity index (χ0v) is 13.1. The fraction of sp³-hybridized carbons (Fsp3) is 0.467. The molecule has 20 heavy (non-hydrogen) atoms. The van der Waals surface area contributed by atoms with Gasteiger partial charge in [0.25, 0.3) is 0 Å². The Morgan fingerprint density at radius 3 is 2.55 bits per heavy atom. The Labute approximate surface area is 120 Å². The summed E-state index contributed by atoms with van der Waals surface area (Å²) in [4.78, 5) is 0. The van der Waals surface area contributed by atoms with Gasteiger partial charge in [-0.2, -0.15) is 0 Å². The molecule has 1 heterocycles. The predicted molar refractivity (Wildman–Crippen MR) is 83.3 cm³/mol. The molecule has 0 saturated carbocycles. The van der Waals surface area contributed by atoms with Gasteiger partial charge in [-0.1, -0.05) is 12.1 Å². The highest BCUT2D eigenvalue weighted by molar-refractivity contribution is 7.91. The van der Waals surface area contributed by atoms with E-state index in [1.807, 2.05) is 31.2 Å². The van der Waals surface area contributed by atoms with E-state index in [2.05, 4.69) is 4.57 Å². The molecule has 5 heteroatoms. The van der Waals surface area contributed by atoms with Crippen molar-refractivity contribution in [1.29, 1.82) is 0 Å². The van der Waals surface area contributed by atoms with Gasteiger partial charge in [0, 0.05) is 29.7 Å². The Hall–Kier alpha value is -1.33. The van der Waals surface area contributed by atoms with E-state index < -0.39 is 9.84 Å². The maximum Gasteiger partial charge on any atom is 0.158 e. The summed E-state index contributed by atoms with van der Waals surface area (Å²) < 4.78 is 26.4. The summed E-state index contributed by atoms with van der Waals surface area (Å²) in [5, 5.41) is 0.700. The van der Waals surface area contributed by atoms with Crippen molar-refractivity contribution in [3.63, 3.8) is 0 Å². The van der Waals surface area contributed by atoms with Gasteiger partial charge >= 0.3 is 0 Å². The van der Waals surface area contributed by atoms with Crippen LogP contribution in [0.15, 0.2) is 24.3 Å². The highest BCUT2D eigenvalue weighted by Gasteiger charge is 2.20. The molecule has 0 aliphatic heterocycles. The Morgan fingerprint density at radius 2 is 2.00 bits per heavy atom. The van der Waals surface area contributed by atoms with Crippen LogP contribution in [-0.4, -0.2) is 18.2 Å². The standard InChI is InChI=1S/C15H22N2O2S/c1-4-17-13(10-20(18,19)11(2)3)8-14-12(9-16)6-5-7-15(14)17/h5-8,11H,4,9-10,16H2,1-3H3. The molecule has 2 N–H and O–H groups in total. The van der Waals surface area contributed by atoms with Crippen LogP contribution in [0.1, 0.15) is 32.0 Å². The largest absolute Gasteiger partial charge is 0.344 e. The maximum absolute atomic E-state index is 12.2. The van der Waals surface area contributed by atoms with Crippen LogP contribution in [0.5, 0.6) is 0 Å². The van der Waals surface area contributed by atoms with E-state index >= 15 is 0 Å². The molecule has 1 aromatic heterocycles. The highest BCUT2D eigenvalue weighted by Crippen LogP contribution is 2.25. The van der Waals surface area contributed by atoms with Crippen LogP contribution in [0.25, 0.3) is 10.9 Å². The molecule has 0 spiro atoms. The van der Waals surface area contributed by atoms with Crippen molar-refractivity contribution in [2.45, 2.75) is 44.9 Å². The Morgan fingerprint density at radius 1 is 1.30 bits per heavy atom. The molecule has 0 saturated heterocycles. The van der Waals surface area contributed by atoms with E-state index in [1.165, 1.54) is 0 Å². The molecular weight excluding hydrogens is 272 g/mol. The first-order valence-corrected chi connectivity index (χ1v) is 8.64. The van der Waals surface area contributed by atoms with Crippen LogP contribution in [0.2, 0.25) is 0 Å². The smallest absolute Gasteiger partial charge is 0.158 e. The average Bonchev–Trinajstić information content (AvgIpc) is 2.74. The van der Waals surface area contributed by atoms with Gasteiger partial charge in [0.05, 0.1) is 11.0 Å². The fourth-order valence-corrected chi connectivity index (χ4v) is 3.43. The van der Waals surface area contributed by atoms with Crippen molar-refractivity contribution >= 4 is 20.7 Å². The molecule has 110 valence electrons. The number of sulfone groups is 1. The number of benzene rings is 1. The summed E-state index contributed by atoms with van der Waals surface area (Å²) in [7, 11) is -3.10. The molecule has 0 fully saturated rings. The number of hydrogen-bond donors (Lipinski definition) is 1. The van der Waals surface area contributed by atoms with Gasteiger partial charge in [-0.15, -0.1) is 0 Å². The van der Waals surface area contributed by atoms with Crippen LogP contribution in [-0.2, 0) is 28.7 Å². The van der Waals surface area contributed by atoms with Crippen molar-refractivity contribution in [1.82, 2.24) is 4.57 Å². The molecular formula is C15H22N2O2S. The molecule has 0 amide bonds. The zero-order chi connectivity index (χ0) is 14.9. The molecule has 0 aliphatic carbocycles. The predicted octanol–water partition coefficient (Wildman–Crippen LogP) is 2.44. The second kappa shape index (κ2) is 5.58. The number of rotatable bonds is 5. The minimum absolute atomic E-state index is 0.0806. The van der Waals surface area contributed by atoms with Gasteiger partial charge in [-0.25, -0.2) is 8.42 Å². The molecule has 1 aromatic carbocycles. The lowest BCUT2D eigenvalue weighted by Crippen LogP contribution is -2.18. The first kappa shape index (κ1) is 15.1. The van der Waals surface area contributed by atoms with E-state index in [4.69, 9.17) is 5.73 Å². The molecule has 2 rings (SSSR count). The SMILES string of the molecule is CCn1c(CS(=O)(=O)C(C)C)cc2c(CN)cccc21. The van der Waals surface area contributed by atoms with Crippen LogP contribution in [0.4, 0.5) is 0 Å². The van der Waals surface area contributed by atoms with Crippen molar-refractivity contribution in [2.75, 3.05) is 0 Å². The molecule has 0 unspecified atom stereocenters. The second-order valence-electron chi connectivity index (χ2n) is 5.29. The summed E-state index contributed by atoms with van der Waals surface area (Å²) in [6.07, 6.45) is 0. The van der Waals surface area contributed by atoms with Crippen molar-refractivity contribution in [2.24, 2.45) is 5.73 Å². The topological polar surface area (TPSA) is 65.1 Å². The van der Waals surface area contributed by atoms with E-state index in [0.29, 0.717) is 6.54 Å². The minimum Gasteiger partial charge on any atom is -0.344 e. The summed E-state index contributed by atoms with van der Waals surface area (Å²) in [6, 6.07) is 7.95. The Balaban J connectivity index is 2.60. The first-order chi connectivity index (χ1) is 9.40. The van der Waals surface area contributed by atoms with Crippen LogP contribution in [0.3, 0.4) is 0 Å². The lowest BCUT2D eigenvalue weighted by molar-refractivity contribution is 0.584. The van der Waals surface area contributed by atoms with Gasteiger partial charge < -0.3 is 10.3 Å². The van der Waals surface area contributed by atoms with E-state index in [-0.39, 0.29) is 11.0 Å². The van der Waals surface area contributed by atoms with Crippen LogP contribution in [0, 0.1) is 0 Å². The monoisotopic (exact) mass is 294 g/mol. The fourth-order valence-electron chi connectivity index (χ4n) is 2.44. The van der Waals surface area contributed by atoms with Crippen LogP contribution >= 0.6 is 0 Å². The average molecular weight is 294 g/mol. The van der Waals surface area contributed by atoms with Crippen molar-refractivity contribution < 1.29 is 8.42 Å². The summed E-state index contributed by atoms with van der Waals surface area (Å²) in [6.45, 7) is 6.68. The number of nitrogens with zero attached hydrogens (tertiary/aromatic N) is 1. The highest BCUT2D eigenvalue weighted by atomic mass is 32.2. The molecule has 0 atom stereocenters. The molecule has 4 nitrogen and oxygen atoms in total. The molecule has 0 bridgehead atoms. The molecule has 0 aliphatic rings. The van der Waals surface area contributed by atoms with Crippen molar-refractivity contribution in [3.8, 4) is 0 Å². The van der Waals surface area contributed by atoms with Crippen molar-refractivity contribution in [3.05, 3.63) is 35.5 Å². The van der Waals surface area contributed by atoms with Gasteiger partial charge in [0.1, 0.15) is 0 Å². The van der Waals surface area contributed by atoms with E-state index in [9.17, 15) is 8.42 Å². The number of nitrogens with two attached hydrogens (primary N) is 1. The second-order valence-corrected chi connectivity index (χ2v) is 7.85. The first-order valence-electron chi connectivity index (χ1n) is 6.92. The minimum atomic E-state index is -3.10. The number of aromatic nitrogens is 1. The number of fused-ring (bicyclic) bond motifs is 1. The third-order valence-corrected chi connectivity index (χ3v) is 5.86. The molecule has 0 radical (unpaired) electrons. The quantitative estimate of drug-likeness (QED) is 0.921. The maximum atomic E-state index is 12.2. The van der Waals surface area contributed by atoms with Gasteiger partial charge in [-0.3, -0.25) is 0 Å². The normalized spacial score (nSPS) is 12.4. The summed E-state index contributed by atoms with van der Waals surface area (Å²) >= 11 is 0. The van der Waals surface area contributed by atoms with E-state index in [1.54, 1.807) is 13.8 Å². The summed E-state index contributed by atoms with van der Waals surface area (Å²) in [5.74, 6) is 0.0806. The lowest BCUT2D eigenvalue weighted by atomic mass is 10.1. The Bertz CT molecular complexity index is 715. The molecule has 2 aromatic rings. The lowest BCUT2D eigenvalue weighted by Gasteiger charge is -2.10. The third kappa shape index (κ3) is 2.60. The summed E-state index contributed by atoms with van der Waals surface area (Å²) in [5.41, 5.74) is 8.72. The number of aryl methyl sites for hydroxylation is 1. The van der Waals surface area contributed by atoms with E-state index in [0.717, 1.165) is 28.7 Å².